The molecule has 0 aliphatic heterocycles. The molecule has 0 aliphatic carbocycles. The first-order chi connectivity index (χ1) is 9.68. The maximum atomic E-state index is 10.4. The lowest BCUT2D eigenvalue weighted by atomic mass is 9.83. The van der Waals surface area contributed by atoms with E-state index in [4.69, 9.17) is 11.6 Å². The van der Waals surface area contributed by atoms with Crippen LogP contribution in [0.4, 0.5) is 0 Å². The quantitative estimate of drug-likeness (QED) is 0.780. The van der Waals surface area contributed by atoms with Gasteiger partial charge in [0.25, 0.3) is 0 Å². The minimum atomic E-state index is -0.486. The Bertz CT molecular complexity index is 614. The molecule has 21 heavy (non-hydrogen) atoms. The van der Waals surface area contributed by atoms with Gasteiger partial charge in [0.15, 0.2) is 0 Å². The summed E-state index contributed by atoms with van der Waals surface area (Å²) in [5.41, 5.74) is 5.23. The summed E-state index contributed by atoms with van der Waals surface area (Å²) < 4.78 is 0.723. The molecule has 0 saturated heterocycles. The van der Waals surface area contributed by atoms with Crippen molar-refractivity contribution in [2.45, 2.75) is 52.6 Å². The van der Waals surface area contributed by atoms with E-state index in [1.807, 2.05) is 12.1 Å². The summed E-state index contributed by atoms with van der Waals surface area (Å²) in [6, 6.07) is 8.24. The lowest BCUT2D eigenvalue weighted by Gasteiger charge is -2.23. The van der Waals surface area contributed by atoms with Crippen LogP contribution in [0.1, 0.15) is 54.0 Å². The highest BCUT2D eigenvalue weighted by molar-refractivity contribution is 7.16. The molecule has 0 bridgehead atoms. The highest BCUT2D eigenvalue weighted by Crippen LogP contribution is 2.32. The van der Waals surface area contributed by atoms with E-state index in [0.717, 1.165) is 9.21 Å². The second kappa shape index (κ2) is 6.12. The van der Waals surface area contributed by atoms with Crippen molar-refractivity contribution in [3.05, 3.63) is 55.7 Å². The van der Waals surface area contributed by atoms with E-state index >= 15 is 0 Å². The largest absolute Gasteiger partial charge is 0.387 e. The first kappa shape index (κ1) is 16.5. The van der Waals surface area contributed by atoms with Gasteiger partial charge in [-0.1, -0.05) is 44.5 Å². The predicted molar refractivity (Wildman–Crippen MR) is 92.6 cm³/mol. The van der Waals surface area contributed by atoms with E-state index in [1.54, 1.807) is 0 Å². The second-order valence-corrected chi connectivity index (χ2v) is 8.45. The molecule has 1 heterocycles. The van der Waals surface area contributed by atoms with Crippen molar-refractivity contribution in [2.75, 3.05) is 0 Å². The van der Waals surface area contributed by atoms with E-state index in [2.05, 4.69) is 46.8 Å². The Hall–Kier alpha value is -0.830. The lowest BCUT2D eigenvalue weighted by molar-refractivity contribution is 0.182. The molecular formula is C18H23ClOS. The first-order valence-corrected chi connectivity index (χ1v) is 8.42. The number of thiophene rings is 1. The minimum Gasteiger partial charge on any atom is -0.387 e. The van der Waals surface area contributed by atoms with Crippen molar-refractivity contribution in [1.29, 1.82) is 0 Å². The Morgan fingerprint density at radius 3 is 2.14 bits per heavy atom. The summed E-state index contributed by atoms with van der Waals surface area (Å²) in [6.07, 6.45) is 0.152. The zero-order valence-electron chi connectivity index (χ0n) is 13.3. The van der Waals surface area contributed by atoms with Gasteiger partial charge in [0, 0.05) is 11.3 Å². The lowest BCUT2D eigenvalue weighted by Crippen LogP contribution is -2.13. The molecule has 0 aliphatic rings. The third kappa shape index (κ3) is 3.88. The zero-order chi connectivity index (χ0) is 15.8. The predicted octanol–water partition coefficient (Wildman–Crippen LogP) is 5.59. The molecule has 1 atom stereocenters. The fourth-order valence-electron chi connectivity index (χ4n) is 2.55. The molecule has 3 heteroatoms. The maximum Gasteiger partial charge on any atom is 0.0932 e. The van der Waals surface area contributed by atoms with Gasteiger partial charge >= 0.3 is 0 Å². The maximum absolute atomic E-state index is 10.4. The molecule has 1 aromatic carbocycles. The SMILES string of the molecule is Cc1cc(C(C)(C)C)cc(C)c1CC(O)c1ccc(Cl)s1. The zero-order valence-corrected chi connectivity index (χ0v) is 14.9. The summed E-state index contributed by atoms with van der Waals surface area (Å²) >= 11 is 7.40. The van der Waals surface area contributed by atoms with Gasteiger partial charge in [0.2, 0.25) is 0 Å². The van der Waals surface area contributed by atoms with Crippen LogP contribution in [0.3, 0.4) is 0 Å². The Kier molecular flexibility index (Phi) is 4.82. The van der Waals surface area contributed by atoms with E-state index < -0.39 is 6.10 Å². The van der Waals surface area contributed by atoms with Crippen LogP contribution in [0.15, 0.2) is 24.3 Å². The van der Waals surface area contributed by atoms with Crippen LogP contribution in [-0.2, 0) is 11.8 Å². The molecule has 0 radical (unpaired) electrons. The van der Waals surface area contributed by atoms with Crippen LogP contribution in [0.5, 0.6) is 0 Å². The molecule has 2 rings (SSSR count). The summed E-state index contributed by atoms with van der Waals surface area (Å²) in [4.78, 5) is 0.929. The van der Waals surface area contributed by atoms with E-state index in [-0.39, 0.29) is 5.41 Å². The van der Waals surface area contributed by atoms with E-state index in [9.17, 15) is 5.11 Å². The van der Waals surface area contributed by atoms with Gasteiger partial charge in [-0.2, -0.15) is 0 Å². The summed E-state index contributed by atoms with van der Waals surface area (Å²) in [6.45, 7) is 10.9. The molecule has 114 valence electrons. The molecule has 1 N–H and O–H groups in total. The van der Waals surface area contributed by atoms with Crippen LogP contribution in [0.25, 0.3) is 0 Å². The third-order valence-electron chi connectivity index (χ3n) is 3.88. The molecule has 1 nitrogen and oxygen atoms in total. The molecule has 1 aromatic heterocycles. The highest BCUT2D eigenvalue weighted by atomic mass is 35.5. The van der Waals surface area contributed by atoms with Gasteiger partial charge in [-0.25, -0.2) is 0 Å². The Morgan fingerprint density at radius 2 is 1.71 bits per heavy atom. The minimum absolute atomic E-state index is 0.147. The van der Waals surface area contributed by atoms with E-state index in [1.165, 1.54) is 33.6 Å². The number of aliphatic hydroxyl groups is 1. The van der Waals surface area contributed by atoms with Crippen LogP contribution in [0.2, 0.25) is 4.34 Å². The highest BCUT2D eigenvalue weighted by Gasteiger charge is 2.18. The fraction of sp³-hybridized carbons (Fsp3) is 0.444. The number of aliphatic hydroxyl groups excluding tert-OH is 1. The van der Waals surface area contributed by atoms with E-state index in [0.29, 0.717) is 6.42 Å². The van der Waals surface area contributed by atoms with Gasteiger partial charge in [-0.15, -0.1) is 11.3 Å². The number of rotatable bonds is 3. The van der Waals surface area contributed by atoms with Crippen molar-refractivity contribution in [1.82, 2.24) is 0 Å². The average Bonchev–Trinajstić information content (AvgIpc) is 2.79. The van der Waals surface area contributed by atoms with Crippen LogP contribution in [-0.4, -0.2) is 5.11 Å². The summed E-state index contributed by atoms with van der Waals surface area (Å²) in [7, 11) is 0. The number of hydrogen-bond donors (Lipinski definition) is 1. The standard InChI is InChI=1S/C18H23ClOS/c1-11-8-13(18(3,4)5)9-12(2)14(11)10-15(20)16-6-7-17(19)21-16/h6-9,15,20H,10H2,1-5H3. The summed E-state index contributed by atoms with van der Waals surface area (Å²) in [5, 5.41) is 10.4. The van der Waals surface area contributed by atoms with Crippen LogP contribution >= 0.6 is 22.9 Å². The normalized spacial score (nSPS) is 13.5. The first-order valence-electron chi connectivity index (χ1n) is 7.22. The Morgan fingerprint density at radius 1 is 1.14 bits per heavy atom. The molecule has 0 fully saturated rings. The summed E-state index contributed by atoms with van der Waals surface area (Å²) in [5.74, 6) is 0. The van der Waals surface area contributed by atoms with Gasteiger partial charge in [-0.3, -0.25) is 0 Å². The number of benzene rings is 1. The molecule has 0 saturated carbocycles. The topological polar surface area (TPSA) is 20.2 Å². The van der Waals surface area contributed by atoms with Crippen molar-refractivity contribution in [3.8, 4) is 0 Å². The van der Waals surface area contributed by atoms with Crippen molar-refractivity contribution in [2.24, 2.45) is 0 Å². The molecule has 1 unspecified atom stereocenters. The molecule has 0 amide bonds. The number of aryl methyl sites for hydroxylation is 2. The number of hydrogen-bond acceptors (Lipinski definition) is 2. The fourth-order valence-corrected chi connectivity index (χ4v) is 3.60. The van der Waals surface area contributed by atoms with Gasteiger partial charge in [0.1, 0.15) is 0 Å². The monoisotopic (exact) mass is 322 g/mol. The van der Waals surface area contributed by atoms with Gasteiger partial charge in [-0.05, 0) is 53.6 Å². The molecule has 0 spiro atoms. The average molecular weight is 323 g/mol. The van der Waals surface area contributed by atoms with Crippen molar-refractivity contribution in [3.63, 3.8) is 0 Å². The van der Waals surface area contributed by atoms with Gasteiger partial charge in [0.05, 0.1) is 10.4 Å². The Balaban J connectivity index is 2.28. The van der Waals surface area contributed by atoms with Crippen molar-refractivity contribution >= 4 is 22.9 Å². The van der Waals surface area contributed by atoms with Crippen LogP contribution in [0, 0.1) is 13.8 Å². The molecule has 2 aromatic rings. The third-order valence-corrected chi connectivity index (χ3v) is 5.21. The van der Waals surface area contributed by atoms with Crippen molar-refractivity contribution < 1.29 is 5.11 Å². The number of halogens is 1. The Labute approximate surface area is 136 Å². The van der Waals surface area contributed by atoms with Gasteiger partial charge < -0.3 is 5.11 Å². The smallest absolute Gasteiger partial charge is 0.0932 e. The second-order valence-electron chi connectivity index (χ2n) is 6.70. The molecular weight excluding hydrogens is 300 g/mol. The van der Waals surface area contributed by atoms with Crippen LogP contribution < -0.4 is 0 Å².